The van der Waals surface area contributed by atoms with Gasteiger partial charge in [0.25, 0.3) is 5.78 Å². The number of ketones is 3. The molecule has 1 aromatic carbocycles. The van der Waals surface area contributed by atoms with Gasteiger partial charge < -0.3 is 24.8 Å². The van der Waals surface area contributed by atoms with E-state index in [0.29, 0.717) is 5.56 Å². The zero-order valence-corrected chi connectivity index (χ0v) is 17.6. The summed E-state index contributed by atoms with van der Waals surface area (Å²) in [5.41, 5.74) is 0.267. The lowest BCUT2D eigenvalue weighted by atomic mass is 9.94. The summed E-state index contributed by atoms with van der Waals surface area (Å²) in [5, 5.41) is 28.8. The number of carbonyl (C=O) groups excluding carboxylic acids is 4. The molecule has 1 aliphatic rings. The summed E-state index contributed by atoms with van der Waals surface area (Å²) in [7, 11) is 0. The largest absolute Gasteiger partial charge is 0.507 e. The molecule has 0 fully saturated rings. The smallest absolute Gasteiger partial charge is 0.342 e. The van der Waals surface area contributed by atoms with Crippen molar-refractivity contribution in [3.63, 3.8) is 0 Å². The Kier molecular flexibility index (Phi) is 8.70. The van der Waals surface area contributed by atoms with Gasteiger partial charge in [-0.15, -0.1) is 0 Å². The van der Waals surface area contributed by atoms with Gasteiger partial charge in [0.05, 0.1) is 6.61 Å². The van der Waals surface area contributed by atoms with Crippen LogP contribution in [0.25, 0.3) is 0 Å². The second-order valence-electron chi connectivity index (χ2n) is 7.78. The van der Waals surface area contributed by atoms with Crippen molar-refractivity contribution < 1.29 is 44.0 Å². The fourth-order valence-corrected chi connectivity index (χ4v) is 3.18. The van der Waals surface area contributed by atoms with E-state index in [1.54, 1.807) is 13.8 Å². The van der Waals surface area contributed by atoms with Gasteiger partial charge in [0.15, 0.2) is 0 Å². The van der Waals surface area contributed by atoms with E-state index in [-0.39, 0.29) is 61.7 Å². The maximum atomic E-state index is 12.8. The van der Waals surface area contributed by atoms with Crippen molar-refractivity contribution in [3.05, 3.63) is 23.3 Å². The molecule has 9 heteroatoms. The highest BCUT2D eigenvalue weighted by Crippen LogP contribution is 2.31. The molecule has 31 heavy (non-hydrogen) atoms. The Labute approximate surface area is 180 Å². The molecule has 0 radical (unpaired) electrons. The fraction of sp³-hybridized carbons (Fsp3) is 0.545. The average molecular weight is 436 g/mol. The number of ether oxygens (including phenoxy) is 2. The van der Waals surface area contributed by atoms with Crippen molar-refractivity contribution in [2.24, 2.45) is 5.92 Å². The van der Waals surface area contributed by atoms with Crippen LogP contribution in [0.2, 0.25) is 0 Å². The van der Waals surface area contributed by atoms with Crippen LogP contribution >= 0.6 is 0 Å². The number of esters is 1. The molecule has 2 rings (SSSR count). The number of fused-ring (bicyclic) bond motifs is 1. The van der Waals surface area contributed by atoms with E-state index in [4.69, 9.17) is 14.6 Å². The Hall–Kier alpha value is -2.78. The van der Waals surface area contributed by atoms with Gasteiger partial charge in [-0.25, -0.2) is 4.79 Å². The number of aryl methyl sites for hydroxylation is 1. The molecule has 0 saturated carbocycles. The molecular weight excluding hydrogens is 408 g/mol. The van der Waals surface area contributed by atoms with Gasteiger partial charge in [-0.2, -0.15) is 0 Å². The fourth-order valence-electron chi connectivity index (χ4n) is 3.18. The van der Waals surface area contributed by atoms with Gasteiger partial charge in [0.1, 0.15) is 35.9 Å². The third kappa shape index (κ3) is 6.60. The van der Waals surface area contributed by atoms with Crippen molar-refractivity contribution >= 4 is 23.3 Å². The van der Waals surface area contributed by atoms with Gasteiger partial charge in [0.2, 0.25) is 11.6 Å². The molecule has 0 amide bonds. The van der Waals surface area contributed by atoms with Crippen molar-refractivity contribution in [2.75, 3.05) is 13.2 Å². The number of aliphatic hydroxyl groups is 2. The Bertz CT molecular complexity index is 846. The molecule has 0 spiro atoms. The van der Waals surface area contributed by atoms with E-state index >= 15 is 0 Å². The molecule has 1 heterocycles. The topological polar surface area (TPSA) is 147 Å². The molecule has 3 atom stereocenters. The summed E-state index contributed by atoms with van der Waals surface area (Å²) in [6, 6.07) is 2.67. The van der Waals surface area contributed by atoms with Gasteiger partial charge in [-0.05, 0) is 43.7 Å². The maximum Gasteiger partial charge on any atom is 0.342 e. The third-order valence-corrected chi connectivity index (χ3v) is 5.31. The van der Waals surface area contributed by atoms with E-state index in [0.717, 1.165) is 0 Å². The number of Topliss-reactive ketones (excluding diaryl/α,β-unsaturated/α-hetero) is 3. The van der Waals surface area contributed by atoms with E-state index < -0.39 is 42.1 Å². The van der Waals surface area contributed by atoms with Crippen LogP contribution < -0.4 is 4.74 Å². The van der Waals surface area contributed by atoms with Crippen LogP contribution in [0.5, 0.6) is 11.5 Å². The quantitative estimate of drug-likeness (QED) is 0.466. The molecule has 0 aliphatic carbocycles. The Balaban J connectivity index is 2.36. The second-order valence-corrected chi connectivity index (χ2v) is 7.78. The lowest BCUT2D eigenvalue weighted by Crippen LogP contribution is -2.27. The number of hydrogen-bond donors (Lipinski definition) is 3. The number of benzene rings is 1. The number of aliphatic hydroxyl groups excluding tert-OH is 2. The molecular formula is C22H28O9. The van der Waals surface area contributed by atoms with Crippen molar-refractivity contribution in [1.29, 1.82) is 0 Å². The molecule has 0 aromatic heterocycles. The highest BCUT2D eigenvalue weighted by atomic mass is 16.5. The van der Waals surface area contributed by atoms with Gasteiger partial charge >= 0.3 is 5.97 Å². The molecule has 1 aromatic rings. The number of cyclic esters (lactones) is 1. The minimum absolute atomic E-state index is 0.0685. The van der Waals surface area contributed by atoms with Crippen molar-refractivity contribution in [1.82, 2.24) is 0 Å². The van der Waals surface area contributed by atoms with Crippen LogP contribution in [0.4, 0.5) is 0 Å². The summed E-state index contributed by atoms with van der Waals surface area (Å²) >= 11 is 0. The third-order valence-electron chi connectivity index (χ3n) is 5.31. The lowest BCUT2D eigenvalue weighted by Gasteiger charge is -2.22. The minimum Gasteiger partial charge on any atom is -0.507 e. The summed E-state index contributed by atoms with van der Waals surface area (Å²) in [5.74, 6) is -3.80. The minimum atomic E-state index is -1.12. The maximum absolute atomic E-state index is 12.8. The Morgan fingerprint density at radius 1 is 1.10 bits per heavy atom. The summed E-state index contributed by atoms with van der Waals surface area (Å²) in [4.78, 5) is 48.8. The molecule has 3 N–H and O–H groups in total. The first-order chi connectivity index (χ1) is 14.6. The molecule has 1 unspecified atom stereocenters. The summed E-state index contributed by atoms with van der Waals surface area (Å²) in [6.45, 7) is 2.67. The predicted molar refractivity (Wildman–Crippen MR) is 108 cm³/mol. The zero-order chi connectivity index (χ0) is 23.1. The number of rotatable bonds is 4. The zero-order valence-electron chi connectivity index (χ0n) is 17.6. The first kappa shape index (κ1) is 24.5. The van der Waals surface area contributed by atoms with Crippen molar-refractivity contribution in [2.45, 2.75) is 58.2 Å². The summed E-state index contributed by atoms with van der Waals surface area (Å²) < 4.78 is 10.8. The standard InChI is InChI=1S/C22H28O9/c1-12-6-7-18(26)21(28)17(25)5-3-4-14-8-16(30-11-15(24)10-23)9-19(27)20(14)22(29)31-13(12)2/h8-9,12-13,15,23-24,27H,3-7,10-11H2,1-2H3/t12-,13+,15?/m1/s1. The van der Waals surface area contributed by atoms with Gasteiger partial charge in [-0.1, -0.05) is 6.92 Å². The van der Waals surface area contributed by atoms with Crippen LogP contribution in [-0.2, 0) is 25.5 Å². The normalized spacial score (nSPS) is 22.3. The van der Waals surface area contributed by atoms with E-state index in [2.05, 4.69) is 0 Å². The molecule has 1 aliphatic heterocycles. The van der Waals surface area contributed by atoms with E-state index in [1.807, 2.05) is 0 Å². The molecule has 170 valence electrons. The highest BCUT2D eigenvalue weighted by Gasteiger charge is 2.28. The Morgan fingerprint density at radius 3 is 2.45 bits per heavy atom. The van der Waals surface area contributed by atoms with Crippen LogP contribution in [0.3, 0.4) is 0 Å². The van der Waals surface area contributed by atoms with Crippen LogP contribution in [0.15, 0.2) is 12.1 Å². The first-order valence-electron chi connectivity index (χ1n) is 10.2. The number of hydrogen-bond acceptors (Lipinski definition) is 9. The van der Waals surface area contributed by atoms with Crippen molar-refractivity contribution in [3.8, 4) is 11.5 Å². The monoisotopic (exact) mass is 436 g/mol. The lowest BCUT2D eigenvalue weighted by molar-refractivity contribution is -0.144. The van der Waals surface area contributed by atoms with Gasteiger partial charge in [0, 0.05) is 18.9 Å². The first-order valence-corrected chi connectivity index (χ1v) is 10.2. The number of aromatic hydroxyl groups is 1. The Morgan fingerprint density at radius 2 is 1.77 bits per heavy atom. The number of carbonyl (C=O) groups is 4. The molecule has 0 bridgehead atoms. The van der Waals surface area contributed by atoms with Crippen LogP contribution in [0.1, 0.15) is 55.5 Å². The SMILES string of the molecule is C[C@@H]1CCC(=O)C(=O)C(=O)CCCc2cc(OCC(O)CO)cc(O)c2C(=O)O[C@H]1C. The highest BCUT2D eigenvalue weighted by molar-refractivity contribution is 6.63. The van der Waals surface area contributed by atoms with Crippen LogP contribution in [0, 0.1) is 5.92 Å². The second kappa shape index (κ2) is 11.0. The summed E-state index contributed by atoms with van der Waals surface area (Å²) in [6.07, 6.45) is -1.44. The van der Waals surface area contributed by atoms with Gasteiger partial charge in [-0.3, -0.25) is 14.4 Å². The van der Waals surface area contributed by atoms with E-state index in [1.165, 1.54) is 12.1 Å². The molecule has 0 saturated heterocycles. The predicted octanol–water partition coefficient (Wildman–Crippen LogP) is 1.13. The average Bonchev–Trinajstić information content (AvgIpc) is 2.73. The van der Waals surface area contributed by atoms with E-state index in [9.17, 15) is 29.4 Å². The number of phenolic OH excluding ortho intramolecular Hbond substituents is 1. The number of phenols is 1. The molecule has 9 nitrogen and oxygen atoms in total. The van der Waals surface area contributed by atoms with Crippen LogP contribution in [-0.4, -0.2) is 64.1 Å².